The van der Waals surface area contributed by atoms with Crippen LogP contribution in [0.2, 0.25) is 0 Å². The van der Waals surface area contributed by atoms with Gasteiger partial charge in [0.25, 0.3) is 0 Å². The Balaban J connectivity index is 2.27. The lowest BCUT2D eigenvalue weighted by Gasteiger charge is -1.97. The van der Waals surface area contributed by atoms with Crippen molar-refractivity contribution in [2.75, 3.05) is 6.54 Å². The first-order valence-corrected chi connectivity index (χ1v) is 3.89. The Kier molecular flexibility index (Phi) is 3.04. The van der Waals surface area contributed by atoms with Gasteiger partial charge in [-0.15, -0.1) is 0 Å². The molecule has 0 aliphatic heterocycles. The highest BCUT2D eigenvalue weighted by Crippen LogP contribution is 1.92. The number of rotatable bonds is 4. The van der Waals surface area contributed by atoms with Crippen LogP contribution in [0.25, 0.3) is 0 Å². The Bertz CT molecular complexity index is 206. The maximum absolute atomic E-state index is 5.35. The van der Waals surface area contributed by atoms with Crippen LogP contribution in [-0.4, -0.2) is 21.3 Å². The lowest BCUT2D eigenvalue weighted by atomic mass is 10.3. The minimum Gasteiger partial charge on any atom is -0.330 e. The zero-order valence-corrected chi connectivity index (χ0v) is 6.82. The first-order valence-electron chi connectivity index (χ1n) is 3.89. The van der Waals surface area contributed by atoms with E-state index in [0.29, 0.717) is 0 Å². The Hall–Kier alpha value is -0.900. The monoisotopic (exact) mass is 154 g/mol. The number of nitrogens with zero attached hydrogens (tertiary/aromatic N) is 3. The lowest BCUT2D eigenvalue weighted by Crippen LogP contribution is -2.03. The second-order valence-electron chi connectivity index (χ2n) is 2.55. The normalized spacial score (nSPS) is 10.4. The third-order valence-corrected chi connectivity index (χ3v) is 1.49. The van der Waals surface area contributed by atoms with Gasteiger partial charge < -0.3 is 5.73 Å². The summed E-state index contributed by atoms with van der Waals surface area (Å²) in [6, 6.07) is 0. The third-order valence-electron chi connectivity index (χ3n) is 1.49. The van der Waals surface area contributed by atoms with E-state index < -0.39 is 0 Å². The van der Waals surface area contributed by atoms with Crippen LogP contribution in [0, 0.1) is 6.92 Å². The predicted molar refractivity (Wildman–Crippen MR) is 43.0 cm³/mol. The minimum absolute atomic E-state index is 0.758. The zero-order chi connectivity index (χ0) is 8.10. The molecule has 1 aromatic rings. The number of aryl methyl sites for hydroxylation is 2. The molecule has 0 saturated heterocycles. The fourth-order valence-electron chi connectivity index (χ4n) is 0.914. The molecule has 0 spiro atoms. The van der Waals surface area contributed by atoms with E-state index in [2.05, 4.69) is 10.1 Å². The number of hydrogen-bond acceptors (Lipinski definition) is 3. The average molecular weight is 154 g/mol. The summed E-state index contributed by atoms with van der Waals surface area (Å²) in [5.74, 6) is 0.831. The highest BCUT2D eigenvalue weighted by Gasteiger charge is 1.93. The van der Waals surface area contributed by atoms with Gasteiger partial charge >= 0.3 is 0 Å². The Morgan fingerprint density at radius 1 is 1.55 bits per heavy atom. The molecule has 0 aliphatic rings. The van der Waals surface area contributed by atoms with E-state index in [0.717, 1.165) is 31.8 Å². The van der Waals surface area contributed by atoms with Crippen molar-refractivity contribution in [3.05, 3.63) is 12.2 Å². The zero-order valence-electron chi connectivity index (χ0n) is 6.82. The number of hydrogen-bond donors (Lipinski definition) is 1. The summed E-state index contributed by atoms with van der Waals surface area (Å²) < 4.78 is 1.85. The topological polar surface area (TPSA) is 56.7 Å². The van der Waals surface area contributed by atoms with Gasteiger partial charge in [-0.3, -0.25) is 4.68 Å². The van der Waals surface area contributed by atoms with E-state index in [1.54, 1.807) is 6.33 Å². The SMILES string of the molecule is Cc1ncn(CCCCN)n1. The van der Waals surface area contributed by atoms with E-state index in [9.17, 15) is 0 Å². The molecule has 0 unspecified atom stereocenters. The fourth-order valence-corrected chi connectivity index (χ4v) is 0.914. The second kappa shape index (κ2) is 4.08. The number of aromatic nitrogens is 3. The summed E-state index contributed by atoms with van der Waals surface area (Å²) in [6.45, 7) is 3.57. The molecule has 1 rings (SSSR count). The van der Waals surface area contributed by atoms with Gasteiger partial charge in [0.05, 0.1) is 0 Å². The van der Waals surface area contributed by atoms with Crippen LogP contribution < -0.4 is 5.73 Å². The highest BCUT2D eigenvalue weighted by atomic mass is 15.3. The Labute approximate surface area is 66.4 Å². The summed E-state index contributed by atoms with van der Waals surface area (Å²) in [4.78, 5) is 4.02. The number of nitrogens with two attached hydrogens (primary N) is 1. The molecular formula is C7H14N4. The van der Waals surface area contributed by atoms with Gasteiger partial charge in [0.15, 0.2) is 0 Å². The molecule has 62 valence electrons. The van der Waals surface area contributed by atoms with Gasteiger partial charge in [0, 0.05) is 6.54 Å². The van der Waals surface area contributed by atoms with Crippen molar-refractivity contribution in [1.29, 1.82) is 0 Å². The van der Waals surface area contributed by atoms with E-state index >= 15 is 0 Å². The molecular weight excluding hydrogens is 140 g/mol. The summed E-state index contributed by atoms with van der Waals surface area (Å²) in [7, 11) is 0. The number of unbranched alkanes of at least 4 members (excludes halogenated alkanes) is 1. The molecule has 11 heavy (non-hydrogen) atoms. The molecule has 0 aliphatic carbocycles. The Morgan fingerprint density at radius 2 is 2.36 bits per heavy atom. The quantitative estimate of drug-likeness (QED) is 0.636. The van der Waals surface area contributed by atoms with Crippen molar-refractivity contribution in [2.45, 2.75) is 26.3 Å². The van der Waals surface area contributed by atoms with Gasteiger partial charge in [-0.1, -0.05) is 0 Å². The predicted octanol–water partition coefficient (Wildman–Crippen LogP) is 0.325. The molecule has 4 nitrogen and oxygen atoms in total. The van der Waals surface area contributed by atoms with Crippen molar-refractivity contribution < 1.29 is 0 Å². The molecule has 0 atom stereocenters. The van der Waals surface area contributed by atoms with Crippen molar-refractivity contribution in [1.82, 2.24) is 14.8 Å². The van der Waals surface area contributed by atoms with Crippen LogP contribution in [0.1, 0.15) is 18.7 Å². The Morgan fingerprint density at radius 3 is 2.91 bits per heavy atom. The van der Waals surface area contributed by atoms with Gasteiger partial charge in [0.1, 0.15) is 12.2 Å². The van der Waals surface area contributed by atoms with Crippen LogP contribution in [0.3, 0.4) is 0 Å². The molecule has 0 fully saturated rings. The summed E-state index contributed by atoms with van der Waals surface area (Å²) >= 11 is 0. The van der Waals surface area contributed by atoms with Crippen molar-refractivity contribution in [3.8, 4) is 0 Å². The van der Waals surface area contributed by atoms with Crippen LogP contribution >= 0.6 is 0 Å². The summed E-state index contributed by atoms with van der Waals surface area (Å²) in [5.41, 5.74) is 5.35. The molecule has 1 heterocycles. The van der Waals surface area contributed by atoms with Gasteiger partial charge in [0.2, 0.25) is 0 Å². The van der Waals surface area contributed by atoms with E-state index in [1.165, 1.54) is 0 Å². The van der Waals surface area contributed by atoms with Gasteiger partial charge in [-0.25, -0.2) is 4.98 Å². The average Bonchev–Trinajstić information content (AvgIpc) is 2.37. The van der Waals surface area contributed by atoms with E-state index in [-0.39, 0.29) is 0 Å². The standard InChI is InChI=1S/C7H14N4/c1-7-9-6-11(10-7)5-3-2-4-8/h6H,2-5,8H2,1H3. The molecule has 2 N–H and O–H groups in total. The van der Waals surface area contributed by atoms with Crippen molar-refractivity contribution in [3.63, 3.8) is 0 Å². The first kappa shape index (κ1) is 8.20. The molecule has 0 radical (unpaired) electrons. The molecule has 0 bridgehead atoms. The third kappa shape index (κ3) is 2.67. The van der Waals surface area contributed by atoms with E-state index in [1.807, 2.05) is 11.6 Å². The highest BCUT2D eigenvalue weighted by molar-refractivity contribution is 4.74. The van der Waals surface area contributed by atoms with Crippen LogP contribution in [-0.2, 0) is 6.54 Å². The molecule has 4 heteroatoms. The van der Waals surface area contributed by atoms with Crippen LogP contribution in [0.15, 0.2) is 6.33 Å². The van der Waals surface area contributed by atoms with Crippen molar-refractivity contribution >= 4 is 0 Å². The molecule has 1 aromatic heterocycles. The maximum Gasteiger partial charge on any atom is 0.147 e. The second-order valence-corrected chi connectivity index (χ2v) is 2.55. The fraction of sp³-hybridized carbons (Fsp3) is 0.714. The summed E-state index contributed by atoms with van der Waals surface area (Å²) in [5, 5.41) is 4.15. The first-order chi connectivity index (χ1) is 5.33. The molecule has 0 aromatic carbocycles. The smallest absolute Gasteiger partial charge is 0.147 e. The molecule has 0 saturated carbocycles. The van der Waals surface area contributed by atoms with E-state index in [4.69, 9.17) is 5.73 Å². The van der Waals surface area contributed by atoms with Crippen molar-refractivity contribution in [2.24, 2.45) is 5.73 Å². The van der Waals surface area contributed by atoms with Gasteiger partial charge in [-0.05, 0) is 26.3 Å². The largest absolute Gasteiger partial charge is 0.330 e. The van der Waals surface area contributed by atoms with Gasteiger partial charge in [-0.2, -0.15) is 5.10 Å². The summed E-state index contributed by atoms with van der Waals surface area (Å²) in [6.07, 6.45) is 3.89. The van der Waals surface area contributed by atoms with Crippen LogP contribution in [0.5, 0.6) is 0 Å². The molecule has 0 amide bonds. The maximum atomic E-state index is 5.35. The minimum atomic E-state index is 0.758. The van der Waals surface area contributed by atoms with Crippen LogP contribution in [0.4, 0.5) is 0 Å². The lowest BCUT2D eigenvalue weighted by molar-refractivity contribution is 0.558.